The molecule has 0 spiro atoms. The molecule has 10 heteroatoms. The molecule has 0 radical (unpaired) electrons. The summed E-state index contributed by atoms with van der Waals surface area (Å²) in [5.41, 5.74) is 1.49. The Labute approximate surface area is 273 Å². The molecule has 4 amide bonds. The summed E-state index contributed by atoms with van der Waals surface area (Å²) in [5, 5.41) is 3.18. The van der Waals surface area contributed by atoms with Crippen LogP contribution in [-0.2, 0) is 24.5 Å². The Morgan fingerprint density at radius 2 is 1.65 bits per heavy atom. The van der Waals surface area contributed by atoms with Gasteiger partial charge in [-0.05, 0) is 88.1 Å². The lowest BCUT2D eigenvalue weighted by Crippen LogP contribution is -2.56. The van der Waals surface area contributed by atoms with Crippen molar-refractivity contribution in [2.24, 2.45) is 0 Å². The van der Waals surface area contributed by atoms with Crippen LogP contribution in [0.1, 0.15) is 90.8 Å². The molecule has 4 rings (SSSR count). The molecule has 3 heterocycles. The predicted molar refractivity (Wildman–Crippen MR) is 178 cm³/mol. The van der Waals surface area contributed by atoms with Crippen LogP contribution >= 0.6 is 0 Å². The van der Waals surface area contributed by atoms with E-state index < -0.39 is 17.7 Å². The van der Waals surface area contributed by atoms with Gasteiger partial charge in [0, 0.05) is 49.3 Å². The molecular weight excluding hydrogens is 582 g/mol. The van der Waals surface area contributed by atoms with E-state index in [9.17, 15) is 19.2 Å². The number of nitrogens with zero attached hydrogens (tertiary/aromatic N) is 4. The van der Waals surface area contributed by atoms with Gasteiger partial charge in [0.05, 0.1) is 0 Å². The number of rotatable bonds is 7. The van der Waals surface area contributed by atoms with Gasteiger partial charge in [-0.3, -0.25) is 24.3 Å². The number of aromatic nitrogens is 1. The summed E-state index contributed by atoms with van der Waals surface area (Å²) in [4.78, 5) is 63.6. The highest BCUT2D eigenvalue weighted by molar-refractivity contribution is 6.05. The number of carbonyl (C=O) groups is 4. The number of piperidine rings is 2. The largest absolute Gasteiger partial charge is 0.444 e. The Kier molecular flexibility index (Phi) is 10.9. The minimum absolute atomic E-state index is 0.113. The summed E-state index contributed by atoms with van der Waals surface area (Å²) in [7, 11) is 0. The summed E-state index contributed by atoms with van der Waals surface area (Å²) >= 11 is 0. The van der Waals surface area contributed by atoms with Gasteiger partial charge in [0.1, 0.15) is 17.7 Å². The van der Waals surface area contributed by atoms with Crippen molar-refractivity contribution in [3.8, 4) is 0 Å². The molecule has 0 saturated carbocycles. The van der Waals surface area contributed by atoms with Gasteiger partial charge in [-0.15, -0.1) is 0 Å². The Hall–Kier alpha value is -4.21. The van der Waals surface area contributed by atoms with Crippen LogP contribution in [0, 0.1) is 0 Å². The second-order valence-electron chi connectivity index (χ2n) is 14.2. The van der Waals surface area contributed by atoms with Crippen LogP contribution in [0.25, 0.3) is 0 Å². The normalized spacial score (nSPS) is 18.3. The lowest BCUT2D eigenvalue weighted by atomic mass is 9.87. The van der Waals surface area contributed by atoms with E-state index in [1.54, 1.807) is 34.3 Å². The monoisotopic (exact) mass is 631 g/mol. The van der Waals surface area contributed by atoms with Crippen molar-refractivity contribution < 1.29 is 23.9 Å². The zero-order chi connectivity index (χ0) is 33.6. The predicted octanol–water partition coefficient (Wildman–Crippen LogP) is 5.54. The van der Waals surface area contributed by atoms with E-state index in [2.05, 4.69) is 37.7 Å². The first-order valence-electron chi connectivity index (χ1n) is 16.2. The fourth-order valence-electron chi connectivity index (χ4n) is 6.02. The molecule has 10 nitrogen and oxygen atoms in total. The maximum Gasteiger partial charge on any atom is 0.410 e. The van der Waals surface area contributed by atoms with Crippen LogP contribution in [0.3, 0.4) is 0 Å². The van der Waals surface area contributed by atoms with Crippen LogP contribution in [0.5, 0.6) is 0 Å². The lowest BCUT2D eigenvalue weighted by molar-refractivity contribution is -0.138. The van der Waals surface area contributed by atoms with Gasteiger partial charge in [0.2, 0.25) is 11.8 Å². The minimum Gasteiger partial charge on any atom is -0.444 e. The molecule has 248 valence electrons. The first-order valence-corrected chi connectivity index (χ1v) is 16.2. The first kappa shape index (κ1) is 34.7. The van der Waals surface area contributed by atoms with E-state index in [-0.39, 0.29) is 35.3 Å². The molecule has 1 N–H and O–H groups in total. The summed E-state index contributed by atoms with van der Waals surface area (Å²) in [5.74, 6) is -0.989. The molecule has 2 saturated heterocycles. The Balaban J connectivity index is 1.68. The highest BCUT2D eigenvalue weighted by atomic mass is 16.6. The first-order chi connectivity index (χ1) is 21.7. The van der Waals surface area contributed by atoms with Gasteiger partial charge in [-0.25, -0.2) is 4.79 Å². The number of carbonyl (C=O) groups excluding carboxylic acids is 4. The molecule has 0 bridgehead atoms. The summed E-state index contributed by atoms with van der Waals surface area (Å²) in [6, 6.07) is 9.24. The van der Waals surface area contributed by atoms with Crippen LogP contribution in [-0.4, -0.2) is 75.9 Å². The van der Waals surface area contributed by atoms with Crippen molar-refractivity contribution in [2.45, 2.75) is 103 Å². The smallest absolute Gasteiger partial charge is 0.410 e. The SMILES string of the molecule is C=CC(=O)N1CCCCC1C(=O)N(c1ccc(C(C)(C)C)cc1)C(C(=O)NC1CCN(C(=O)OC(C)(C)C)CC1)c1cccnc1. The second kappa shape index (κ2) is 14.5. The third-order valence-corrected chi connectivity index (χ3v) is 8.49. The van der Waals surface area contributed by atoms with E-state index >= 15 is 0 Å². The standard InChI is InChI=1S/C36H49N5O5/c1-8-30(42)40-21-10-9-13-29(40)33(44)41(28-16-14-26(15-17-28)35(2,3)4)31(25-12-11-20-37-24-25)32(43)38-27-18-22-39(23-19-27)34(45)46-36(5,6)7/h8,11-12,14-17,20,24,27,29,31H,1,9-10,13,18-19,21-23H2,2-7H3,(H,38,43). The number of nitrogens with one attached hydrogen (secondary N) is 1. The fraction of sp³-hybridized carbons (Fsp3) is 0.528. The van der Waals surface area contributed by atoms with E-state index in [0.717, 1.165) is 18.4 Å². The number of ether oxygens (including phenoxy) is 1. The molecule has 46 heavy (non-hydrogen) atoms. The minimum atomic E-state index is -1.05. The van der Waals surface area contributed by atoms with Gasteiger partial charge < -0.3 is 19.9 Å². The van der Waals surface area contributed by atoms with Crippen LogP contribution in [0.2, 0.25) is 0 Å². The van der Waals surface area contributed by atoms with Crippen LogP contribution in [0.4, 0.5) is 10.5 Å². The molecule has 2 atom stereocenters. The highest BCUT2D eigenvalue weighted by Gasteiger charge is 2.41. The van der Waals surface area contributed by atoms with Crippen LogP contribution < -0.4 is 10.2 Å². The molecule has 2 aliphatic heterocycles. The van der Waals surface area contributed by atoms with Gasteiger partial charge in [-0.1, -0.05) is 45.5 Å². The van der Waals surface area contributed by atoms with Crippen molar-refractivity contribution >= 4 is 29.5 Å². The van der Waals surface area contributed by atoms with E-state index in [1.165, 1.54) is 11.0 Å². The summed E-state index contributed by atoms with van der Waals surface area (Å²) in [6.45, 7) is 16.8. The lowest BCUT2D eigenvalue weighted by Gasteiger charge is -2.40. The number of benzene rings is 1. The average Bonchev–Trinajstić information content (AvgIpc) is 3.02. The molecule has 1 aromatic heterocycles. The van der Waals surface area contributed by atoms with Crippen molar-refractivity contribution in [3.05, 3.63) is 72.6 Å². The molecule has 2 unspecified atom stereocenters. The van der Waals surface area contributed by atoms with Crippen molar-refractivity contribution in [2.75, 3.05) is 24.5 Å². The molecular formula is C36H49N5O5. The van der Waals surface area contributed by atoms with Gasteiger partial charge in [-0.2, -0.15) is 0 Å². The average molecular weight is 632 g/mol. The van der Waals surface area contributed by atoms with Gasteiger partial charge >= 0.3 is 6.09 Å². The molecule has 2 aromatic rings. The quantitative estimate of drug-likeness (QED) is 0.402. The number of hydrogen-bond acceptors (Lipinski definition) is 6. The fourth-order valence-corrected chi connectivity index (χ4v) is 6.02. The molecule has 2 fully saturated rings. The van der Waals surface area contributed by atoms with Crippen molar-refractivity contribution in [3.63, 3.8) is 0 Å². The van der Waals surface area contributed by atoms with Gasteiger partial charge in [0.25, 0.3) is 5.91 Å². The number of hydrogen-bond donors (Lipinski definition) is 1. The van der Waals surface area contributed by atoms with E-state index in [4.69, 9.17) is 4.74 Å². The molecule has 2 aliphatic rings. The second-order valence-corrected chi connectivity index (χ2v) is 14.2. The highest BCUT2D eigenvalue weighted by Crippen LogP contribution is 2.33. The Morgan fingerprint density at radius 1 is 0.978 bits per heavy atom. The van der Waals surface area contributed by atoms with E-state index in [1.807, 2.05) is 45.0 Å². The van der Waals surface area contributed by atoms with Crippen molar-refractivity contribution in [1.29, 1.82) is 0 Å². The number of pyridine rings is 1. The maximum absolute atomic E-state index is 14.7. The van der Waals surface area contributed by atoms with Gasteiger partial charge in [0.15, 0.2) is 0 Å². The number of likely N-dealkylation sites (tertiary alicyclic amines) is 2. The molecule has 1 aromatic carbocycles. The third-order valence-electron chi connectivity index (χ3n) is 8.49. The number of amides is 4. The molecule has 0 aliphatic carbocycles. The Bertz CT molecular complexity index is 1390. The summed E-state index contributed by atoms with van der Waals surface area (Å²) in [6.07, 6.45) is 7.25. The Morgan fingerprint density at radius 3 is 2.22 bits per heavy atom. The maximum atomic E-state index is 14.7. The van der Waals surface area contributed by atoms with Crippen molar-refractivity contribution in [1.82, 2.24) is 20.1 Å². The zero-order valence-corrected chi connectivity index (χ0v) is 28.1. The van der Waals surface area contributed by atoms with Crippen LogP contribution in [0.15, 0.2) is 61.4 Å². The zero-order valence-electron chi connectivity index (χ0n) is 28.1. The third kappa shape index (κ3) is 8.53. The summed E-state index contributed by atoms with van der Waals surface area (Å²) < 4.78 is 5.53. The van der Waals surface area contributed by atoms with E-state index in [0.29, 0.717) is 50.1 Å². The topological polar surface area (TPSA) is 112 Å². The number of anilines is 1.